The van der Waals surface area contributed by atoms with Gasteiger partial charge in [0.05, 0.1) is 41.0 Å². The maximum Gasteiger partial charge on any atom is 0.408 e. The quantitative estimate of drug-likeness (QED) is 0.121. The van der Waals surface area contributed by atoms with E-state index in [1.807, 2.05) is 42.5 Å². The van der Waals surface area contributed by atoms with E-state index in [2.05, 4.69) is 16.7 Å². The molecule has 0 saturated carbocycles. The van der Waals surface area contributed by atoms with Crippen LogP contribution in [0.1, 0.15) is 39.5 Å². The Bertz CT molecular complexity index is 2400. The smallest absolute Gasteiger partial charge is 0.408 e. The molecule has 7 rings (SSSR count). The van der Waals surface area contributed by atoms with Crippen molar-refractivity contribution in [1.29, 1.82) is 5.26 Å². The monoisotopic (exact) mass is 804 g/mol. The van der Waals surface area contributed by atoms with E-state index in [4.69, 9.17) is 42.7 Å². The van der Waals surface area contributed by atoms with Gasteiger partial charge in [0.15, 0.2) is 0 Å². The Morgan fingerprint density at radius 1 is 0.930 bits per heavy atom. The van der Waals surface area contributed by atoms with Gasteiger partial charge < -0.3 is 30.0 Å². The Morgan fingerprint density at radius 2 is 1.61 bits per heavy atom. The highest BCUT2D eigenvalue weighted by molar-refractivity contribution is 6.42. The highest BCUT2D eigenvalue weighted by atomic mass is 35.5. The zero-order valence-electron chi connectivity index (χ0n) is 30.3. The number of ether oxygens (including phenoxy) is 3. The van der Waals surface area contributed by atoms with Crippen molar-refractivity contribution < 1.29 is 38.5 Å². The van der Waals surface area contributed by atoms with Crippen LogP contribution in [0.15, 0.2) is 103 Å². The molecule has 3 atom stereocenters. The number of hydrogen-bond acceptors (Lipinski definition) is 8. The molecule has 2 aliphatic rings. The number of esters is 1. The number of nitrogens with one attached hydrogen (secondary N) is 2. The van der Waals surface area contributed by atoms with Crippen LogP contribution in [0.25, 0.3) is 11.1 Å². The van der Waals surface area contributed by atoms with Gasteiger partial charge in [-0.3, -0.25) is 14.5 Å². The molecule has 1 unspecified atom stereocenters. The number of fused-ring (bicyclic) bond motifs is 2. The number of rotatable bonds is 10. The summed E-state index contributed by atoms with van der Waals surface area (Å²) in [6.07, 6.45) is -2.23. The lowest BCUT2D eigenvalue weighted by Gasteiger charge is -2.36. The fourth-order valence-electron chi connectivity index (χ4n) is 6.79. The predicted molar refractivity (Wildman–Crippen MR) is 211 cm³/mol. The van der Waals surface area contributed by atoms with Gasteiger partial charge in [-0.05, 0) is 81.9 Å². The lowest BCUT2D eigenvalue weighted by atomic mass is 9.92. The van der Waals surface area contributed by atoms with E-state index in [0.717, 1.165) is 27.2 Å². The summed E-state index contributed by atoms with van der Waals surface area (Å²) in [6.45, 7) is 0.122. The third-order valence-electron chi connectivity index (χ3n) is 9.84. The van der Waals surface area contributed by atoms with Gasteiger partial charge in [-0.15, -0.1) is 0 Å². The number of amides is 3. The summed E-state index contributed by atoms with van der Waals surface area (Å²) in [7, 11) is 1.21. The molecule has 288 valence electrons. The summed E-state index contributed by atoms with van der Waals surface area (Å²) in [4.78, 5) is 53.5. The number of benzene rings is 5. The highest BCUT2D eigenvalue weighted by Crippen LogP contribution is 2.40. The van der Waals surface area contributed by atoms with Crippen LogP contribution < -0.4 is 20.1 Å². The molecule has 57 heavy (non-hydrogen) atoms. The van der Waals surface area contributed by atoms with Crippen molar-refractivity contribution in [3.8, 4) is 28.7 Å². The van der Waals surface area contributed by atoms with Crippen molar-refractivity contribution in [2.75, 3.05) is 12.4 Å². The third-order valence-corrected chi connectivity index (χ3v) is 10.6. The van der Waals surface area contributed by atoms with E-state index in [1.54, 1.807) is 60.7 Å². The first-order valence-electron chi connectivity index (χ1n) is 17.8. The molecule has 5 aromatic rings. The van der Waals surface area contributed by atoms with Gasteiger partial charge in [-0.1, -0.05) is 77.8 Å². The minimum Gasteiger partial charge on any atom is -0.489 e. The predicted octanol–water partition coefficient (Wildman–Crippen LogP) is 7.49. The molecule has 0 spiro atoms. The Labute approximate surface area is 337 Å². The second kappa shape index (κ2) is 16.7. The van der Waals surface area contributed by atoms with Crippen molar-refractivity contribution in [3.63, 3.8) is 0 Å². The number of anilines is 1. The molecule has 0 saturated heterocycles. The fourth-order valence-corrected chi connectivity index (χ4v) is 7.11. The van der Waals surface area contributed by atoms with Crippen LogP contribution in [0.4, 0.5) is 10.5 Å². The van der Waals surface area contributed by atoms with Crippen LogP contribution in [-0.2, 0) is 45.1 Å². The molecule has 0 aliphatic carbocycles. The average Bonchev–Trinajstić information content (AvgIpc) is 3.22. The number of nitriles is 1. The summed E-state index contributed by atoms with van der Waals surface area (Å²) < 4.78 is 17.0. The van der Waals surface area contributed by atoms with Gasteiger partial charge in [-0.2, -0.15) is 5.26 Å². The molecule has 12 nitrogen and oxygen atoms in total. The molecular weight excluding hydrogens is 771 g/mol. The van der Waals surface area contributed by atoms with E-state index in [-0.39, 0.29) is 26.0 Å². The number of halogens is 2. The number of nitrogens with zero attached hydrogens (tertiary/aromatic N) is 2. The van der Waals surface area contributed by atoms with E-state index in [9.17, 15) is 24.3 Å². The molecule has 0 aromatic heterocycles. The maximum absolute atomic E-state index is 13.8. The Hall–Kier alpha value is -6.55. The van der Waals surface area contributed by atoms with Gasteiger partial charge in [0, 0.05) is 18.4 Å². The van der Waals surface area contributed by atoms with Crippen LogP contribution in [0.3, 0.4) is 0 Å². The second-order valence-corrected chi connectivity index (χ2v) is 14.3. The van der Waals surface area contributed by atoms with Crippen molar-refractivity contribution >= 4 is 52.8 Å². The SMILES string of the molecule is COC(=O)[C@H](Cc1ccc(-c2ccc(C#N)cc2)cc1)NC(=O)C1Cc2cc3c(cc2CN1C(=O)O)O[C@@H](c1ccc(OCc2ccc(Cl)c(Cl)c2)cc1)C(=O)N3. The Morgan fingerprint density at radius 3 is 2.26 bits per heavy atom. The topological polar surface area (TPSA) is 167 Å². The summed E-state index contributed by atoms with van der Waals surface area (Å²) in [5.41, 5.74) is 6.13. The van der Waals surface area contributed by atoms with Crippen LogP contribution >= 0.6 is 23.2 Å². The van der Waals surface area contributed by atoms with Crippen LogP contribution in [0, 0.1) is 11.3 Å². The number of hydrogen-bond donors (Lipinski definition) is 3. The van der Waals surface area contributed by atoms with Gasteiger partial charge in [0.1, 0.15) is 30.2 Å². The lowest BCUT2D eigenvalue weighted by Crippen LogP contribution is -2.55. The first-order valence-corrected chi connectivity index (χ1v) is 18.5. The standard InChI is InChI=1S/C43H34Cl2N4O8/c1-55-42(52)36(17-24-2-7-27(8-3-24)28-9-4-25(21-46)5-10-28)48-40(50)37-19-30-18-35-38(20-31(30)22-49(37)43(53)54)57-39(41(51)47-35)29-11-13-32(14-12-29)56-23-26-6-15-33(44)34(45)16-26/h2-16,18,20,36-37,39H,17,19,22-23H2,1H3,(H,47,51)(H,48,50)(H,53,54)/t36-,37?,39-/m0/s1. The number of carbonyl (C=O) groups excluding carboxylic acids is 3. The van der Waals surface area contributed by atoms with Crippen LogP contribution in [-0.4, -0.2) is 53.1 Å². The van der Waals surface area contributed by atoms with Crippen LogP contribution in [0.2, 0.25) is 10.0 Å². The van der Waals surface area contributed by atoms with E-state index < -0.39 is 42.1 Å². The van der Waals surface area contributed by atoms with Gasteiger partial charge in [0.2, 0.25) is 12.0 Å². The molecule has 14 heteroatoms. The zero-order valence-corrected chi connectivity index (χ0v) is 31.8. The Kier molecular flexibility index (Phi) is 11.3. The molecule has 0 radical (unpaired) electrons. The molecule has 2 heterocycles. The first kappa shape index (κ1) is 38.7. The summed E-state index contributed by atoms with van der Waals surface area (Å²) >= 11 is 12.1. The van der Waals surface area contributed by atoms with E-state index in [0.29, 0.717) is 49.5 Å². The normalized spacial score (nSPS) is 16.1. The third kappa shape index (κ3) is 8.65. The van der Waals surface area contributed by atoms with Crippen molar-refractivity contribution in [3.05, 3.63) is 147 Å². The van der Waals surface area contributed by atoms with E-state index >= 15 is 0 Å². The first-order chi connectivity index (χ1) is 27.5. The second-order valence-electron chi connectivity index (χ2n) is 13.5. The minimum atomic E-state index is -1.32. The van der Waals surface area contributed by atoms with Crippen molar-refractivity contribution in [1.82, 2.24) is 10.2 Å². The van der Waals surface area contributed by atoms with Crippen LogP contribution in [0.5, 0.6) is 11.5 Å². The molecule has 0 fully saturated rings. The van der Waals surface area contributed by atoms with Crippen molar-refractivity contribution in [2.45, 2.75) is 44.2 Å². The summed E-state index contributed by atoms with van der Waals surface area (Å²) in [5, 5.41) is 25.8. The summed E-state index contributed by atoms with van der Waals surface area (Å²) in [6, 6.07) is 29.8. The number of carboxylic acid groups (broad SMARTS) is 1. The van der Waals surface area contributed by atoms with Gasteiger partial charge in [0.25, 0.3) is 5.91 Å². The largest absolute Gasteiger partial charge is 0.489 e. The molecule has 2 aliphatic heterocycles. The van der Waals surface area contributed by atoms with Crippen molar-refractivity contribution in [2.24, 2.45) is 0 Å². The molecule has 5 aromatic carbocycles. The minimum absolute atomic E-state index is 0.0169. The number of carbonyl (C=O) groups is 4. The Balaban J connectivity index is 1.03. The lowest BCUT2D eigenvalue weighted by molar-refractivity contribution is -0.145. The van der Waals surface area contributed by atoms with Gasteiger partial charge >= 0.3 is 12.1 Å². The molecule has 0 bridgehead atoms. The summed E-state index contributed by atoms with van der Waals surface area (Å²) in [5.74, 6) is -0.852. The molecule has 3 amide bonds. The zero-order chi connectivity index (χ0) is 40.2. The fraction of sp³-hybridized carbons (Fsp3) is 0.186. The maximum atomic E-state index is 13.8. The molecule has 3 N–H and O–H groups in total. The average molecular weight is 806 g/mol. The highest BCUT2D eigenvalue weighted by Gasteiger charge is 2.38. The molecular formula is C43H34Cl2N4O8. The van der Waals surface area contributed by atoms with E-state index in [1.165, 1.54) is 7.11 Å². The number of methoxy groups -OCH3 is 1. The van der Waals surface area contributed by atoms with Gasteiger partial charge in [-0.25, -0.2) is 9.59 Å².